The largest absolute Gasteiger partial charge is 0.396 e. The predicted molar refractivity (Wildman–Crippen MR) is 63.9 cm³/mol. The molecule has 1 unspecified atom stereocenters. The molecule has 3 heteroatoms. The third-order valence-corrected chi connectivity index (χ3v) is 2.73. The van der Waals surface area contributed by atoms with Crippen LogP contribution in [0.5, 0.6) is 0 Å². The summed E-state index contributed by atoms with van der Waals surface area (Å²) in [6, 6.07) is 5.48. The fourth-order valence-corrected chi connectivity index (χ4v) is 1.55. The van der Waals surface area contributed by atoms with E-state index in [0.29, 0.717) is 5.56 Å². The number of rotatable bonds is 6. The number of nitrogens with one attached hydrogen (secondary N) is 1. The number of aliphatic hydroxyl groups excluding tert-OH is 1. The van der Waals surface area contributed by atoms with Gasteiger partial charge in [0.15, 0.2) is 0 Å². The van der Waals surface area contributed by atoms with Gasteiger partial charge in [0.25, 0.3) is 0 Å². The molecule has 0 aliphatic heterocycles. The Morgan fingerprint density at radius 3 is 2.75 bits per heavy atom. The van der Waals surface area contributed by atoms with Crippen LogP contribution in [0.15, 0.2) is 18.2 Å². The number of aliphatic hydroxyl groups is 1. The Morgan fingerprint density at radius 1 is 1.38 bits per heavy atom. The van der Waals surface area contributed by atoms with Gasteiger partial charge in [-0.25, -0.2) is 4.39 Å². The van der Waals surface area contributed by atoms with Crippen molar-refractivity contribution in [1.29, 1.82) is 0 Å². The van der Waals surface area contributed by atoms with E-state index in [1.165, 1.54) is 0 Å². The van der Waals surface area contributed by atoms with Gasteiger partial charge in [0.05, 0.1) is 0 Å². The second-order valence-corrected chi connectivity index (χ2v) is 4.12. The molecule has 1 rings (SSSR count). The average Bonchev–Trinajstić information content (AvgIpc) is 2.28. The lowest BCUT2D eigenvalue weighted by Gasteiger charge is -2.14. The molecule has 1 atom stereocenters. The van der Waals surface area contributed by atoms with Crippen molar-refractivity contribution in [3.8, 4) is 0 Å². The van der Waals surface area contributed by atoms with Gasteiger partial charge in [-0.05, 0) is 50.4 Å². The van der Waals surface area contributed by atoms with Crippen LogP contribution in [0.2, 0.25) is 0 Å². The zero-order chi connectivity index (χ0) is 12.0. The molecule has 0 spiro atoms. The summed E-state index contributed by atoms with van der Waals surface area (Å²) < 4.78 is 13.3. The lowest BCUT2D eigenvalue weighted by atomic mass is 10.1. The summed E-state index contributed by atoms with van der Waals surface area (Å²) in [7, 11) is 0. The van der Waals surface area contributed by atoms with E-state index in [1.807, 2.05) is 13.0 Å². The SMILES string of the molecule is Cc1ccc(C(C)NCCCCO)cc1F. The summed E-state index contributed by atoms with van der Waals surface area (Å²) in [6.45, 7) is 4.86. The zero-order valence-corrected chi connectivity index (χ0v) is 9.96. The number of benzene rings is 1. The van der Waals surface area contributed by atoms with Crippen molar-refractivity contribution in [1.82, 2.24) is 5.32 Å². The molecule has 0 heterocycles. The third-order valence-electron chi connectivity index (χ3n) is 2.73. The molecule has 90 valence electrons. The number of hydrogen-bond donors (Lipinski definition) is 2. The lowest BCUT2D eigenvalue weighted by molar-refractivity contribution is 0.283. The van der Waals surface area contributed by atoms with Crippen molar-refractivity contribution in [2.24, 2.45) is 0 Å². The minimum absolute atomic E-state index is 0.147. The van der Waals surface area contributed by atoms with Crippen LogP contribution in [-0.2, 0) is 0 Å². The molecule has 0 bridgehead atoms. The number of halogens is 1. The monoisotopic (exact) mass is 225 g/mol. The molecule has 0 radical (unpaired) electrons. The smallest absolute Gasteiger partial charge is 0.126 e. The van der Waals surface area contributed by atoms with Crippen molar-refractivity contribution in [3.63, 3.8) is 0 Å². The maximum atomic E-state index is 13.3. The molecule has 0 aliphatic carbocycles. The first kappa shape index (κ1) is 13.1. The second-order valence-electron chi connectivity index (χ2n) is 4.12. The van der Waals surface area contributed by atoms with Gasteiger partial charge in [0, 0.05) is 12.6 Å². The van der Waals surface area contributed by atoms with Gasteiger partial charge >= 0.3 is 0 Å². The molecule has 1 aromatic carbocycles. The topological polar surface area (TPSA) is 32.3 Å². The first-order valence-electron chi connectivity index (χ1n) is 5.75. The van der Waals surface area contributed by atoms with Gasteiger partial charge in [-0.2, -0.15) is 0 Å². The molecule has 2 N–H and O–H groups in total. The summed E-state index contributed by atoms with van der Waals surface area (Å²) in [6.07, 6.45) is 1.75. The summed E-state index contributed by atoms with van der Waals surface area (Å²) >= 11 is 0. The van der Waals surface area contributed by atoms with Gasteiger partial charge in [-0.1, -0.05) is 12.1 Å². The first-order valence-corrected chi connectivity index (χ1v) is 5.75. The Balaban J connectivity index is 2.46. The molecule has 0 aliphatic rings. The molecule has 0 saturated heterocycles. The van der Waals surface area contributed by atoms with E-state index in [0.717, 1.165) is 24.9 Å². The molecular formula is C13H20FNO. The normalized spacial score (nSPS) is 12.8. The van der Waals surface area contributed by atoms with E-state index in [1.54, 1.807) is 19.1 Å². The van der Waals surface area contributed by atoms with Crippen LogP contribution >= 0.6 is 0 Å². The van der Waals surface area contributed by atoms with Gasteiger partial charge < -0.3 is 10.4 Å². The zero-order valence-electron chi connectivity index (χ0n) is 9.96. The highest BCUT2D eigenvalue weighted by atomic mass is 19.1. The van der Waals surface area contributed by atoms with E-state index >= 15 is 0 Å². The summed E-state index contributed by atoms with van der Waals surface area (Å²) in [5.74, 6) is -0.151. The van der Waals surface area contributed by atoms with E-state index in [2.05, 4.69) is 5.32 Å². The minimum atomic E-state index is -0.151. The van der Waals surface area contributed by atoms with Crippen LogP contribution < -0.4 is 5.32 Å². The molecule has 0 aromatic heterocycles. The number of unbranched alkanes of at least 4 members (excludes halogenated alkanes) is 1. The number of aryl methyl sites for hydroxylation is 1. The second kappa shape index (κ2) is 6.61. The van der Waals surface area contributed by atoms with Crippen molar-refractivity contribution >= 4 is 0 Å². The Labute approximate surface area is 96.5 Å². The molecule has 1 aromatic rings. The standard InChI is InChI=1S/C13H20FNO/c1-10-5-6-12(9-13(10)14)11(2)15-7-3-4-8-16/h5-6,9,11,15-16H,3-4,7-8H2,1-2H3. The van der Waals surface area contributed by atoms with Crippen LogP contribution in [-0.4, -0.2) is 18.3 Å². The molecular weight excluding hydrogens is 205 g/mol. The van der Waals surface area contributed by atoms with Gasteiger partial charge in [0.1, 0.15) is 5.82 Å². The van der Waals surface area contributed by atoms with Crippen molar-refractivity contribution < 1.29 is 9.50 Å². The number of hydrogen-bond acceptors (Lipinski definition) is 2. The molecule has 16 heavy (non-hydrogen) atoms. The fraction of sp³-hybridized carbons (Fsp3) is 0.538. The van der Waals surface area contributed by atoms with E-state index < -0.39 is 0 Å². The van der Waals surface area contributed by atoms with Gasteiger partial charge in [-0.15, -0.1) is 0 Å². The fourth-order valence-electron chi connectivity index (χ4n) is 1.55. The lowest BCUT2D eigenvalue weighted by Crippen LogP contribution is -2.20. The van der Waals surface area contributed by atoms with E-state index in [4.69, 9.17) is 5.11 Å². The van der Waals surface area contributed by atoms with E-state index in [-0.39, 0.29) is 18.5 Å². The highest BCUT2D eigenvalue weighted by molar-refractivity contribution is 5.25. The van der Waals surface area contributed by atoms with Gasteiger partial charge in [-0.3, -0.25) is 0 Å². The van der Waals surface area contributed by atoms with Crippen molar-refractivity contribution in [2.75, 3.05) is 13.2 Å². The van der Waals surface area contributed by atoms with Crippen LogP contribution in [0.1, 0.15) is 36.9 Å². The third kappa shape index (κ3) is 3.91. The van der Waals surface area contributed by atoms with Crippen LogP contribution in [0.25, 0.3) is 0 Å². The minimum Gasteiger partial charge on any atom is -0.396 e. The first-order chi connectivity index (χ1) is 7.65. The maximum Gasteiger partial charge on any atom is 0.126 e. The van der Waals surface area contributed by atoms with Crippen LogP contribution in [0, 0.1) is 12.7 Å². The highest BCUT2D eigenvalue weighted by Crippen LogP contribution is 2.16. The van der Waals surface area contributed by atoms with Crippen LogP contribution in [0.4, 0.5) is 4.39 Å². The Hall–Kier alpha value is -0.930. The van der Waals surface area contributed by atoms with E-state index in [9.17, 15) is 4.39 Å². The molecule has 0 amide bonds. The summed E-state index contributed by atoms with van der Waals surface area (Å²) in [4.78, 5) is 0. The molecule has 0 fully saturated rings. The Morgan fingerprint density at radius 2 is 2.12 bits per heavy atom. The molecule has 0 saturated carbocycles. The summed E-state index contributed by atoms with van der Waals surface area (Å²) in [5, 5.41) is 11.9. The van der Waals surface area contributed by atoms with Crippen molar-refractivity contribution in [3.05, 3.63) is 35.1 Å². The maximum absolute atomic E-state index is 13.3. The van der Waals surface area contributed by atoms with Crippen molar-refractivity contribution in [2.45, 2.75) is 32.7 Å². The van der Waals surface area contributed by atoms with Gasteiger partial charge in [0.2, 0.25) is 0 Å². The van der Waals surface area contributed by atoms with Crippen LogP contribution in [0.3, 0.4) is 0 Å². The highest BCUT2D eigenvalue weighted by Gasteiger charge is 2.06. The average molecular weight is 225 g/mol. The molecule has 2 nitrogen and oxygen atoms in total. The quantitative estimate of drug-likeness (QED) is 0.729. The Bertz CT molecular complexity index is 328. The Kier molecular flexibility index (Phi) is 5.43. The summed E-state index contributed by atoms with van der Waals surface area (Å²) in [5.41, 5.74) is 1.64. The predicted octanol–water partition coefficient (Wildman–Crippen LogP) is 2.56.